The number of esters is 1. The first-order chi connectivity index (χ1) is 10.5. The van der Waals surface area contributed by atoms with Crippen LogP contribution in [0.2, 0.25) is 0 Å². The predicted molar refractivity (Wildman–Crippen MR) is 82.4 cm³/mol. The lowest BCUT2D eigenvalue weighted by Crippen LogP contribution is -2.55. The van der Waals surface area contributed by atoms with Crippen LogP contribution >= 0.6 is 0 Å². The van der Waals surface area contributed by atoms with E-state index in [2.05, 4.69) is 14.8 Å². The lowest BCUT2D eigenvalue weighted by Gasteiger charge is -2.39. The standard InChI is InChI=1S/C16H23N3O3/c1-13(20)22-12-15-10-18(2)7-8-19(15)11-16(21)9-14-5-3-4-6-17-14/h3-6,15H,7-12H2,1-2H3. The summed E-state index contributed by atoms with van der Waals surface area (Å²) in [6, 6.07) is 5.65. The maximum absolute atomic E-state index is 12.2. The molecule has 1 aromatic rings. The molecule has 1 unspecified atom stereocenters. The lowest BCUT2D eigenvalue weighted by atomic mass is 10.1. The van der Waals surface area contributed by atoms with Crippen LogP contribution in [0.25, 0.3) is 0 Å². The number of piperazine rings is 1. The first-order valence-corrected chi connectivity index (χ1v) is 7.52. The summed E-state index contributed by atoms with van der Waals surface area (Å²) in [4.78, 5) is 31.7. The molecule has 2 rings (SSSR count). The molecule has 0 N–H and O–H groups in total. The molecule has 1 aliphatic heterocycles. The van der Waals surface area contributed by atoms with Crippen molar-refractivity contribution in [1.82, 2.24) is 14.8 Å². The van der Waals surface area contributed by atoms with Gasteiger partial charge in [0.15, 0.2) is 5.78 Å². The monoisotopic (exact) mass is 305 g/mol. The van der Waals surface area contributed by atoms with Gasteiger partial charge < -0.3 is 9.64 Å². The Morgan fingerprint density at radius 1 is 1.36 bits per heavy atom. The van der Waals surface area contributed by atoms with Gasteiger partial charge in [-0.25, -0.2) is 0 Å². The number of carbonyl (C=O) groups is 2. The molecule has 1 fully saturated rings. The van der Waals surface area contributed by atoms with Crippen molar-refractivity contribution in [3.8, 4) is 0 Å². The second-order valence-electron chi connectivity index (χ2n) is 5.73. The van der Waals surface area contributed by atoms with E-state index < -0.39 is 0 Å². The van der Waals surface area contributed by atoms with E-state index in [1.807, 2.05) is 25.2 Å². The Hall–Kier alpha value is -1.79. The van der Waals surface area contributed by atoms with E-state index in [1.165, 1.54) is 6.92 Å². The summed E-state index contributed by atoms with van der Waals surface area (Å²) in [6.07, 6.45) is 2.04. The largest absolute Gasteiger partial charge is 0.464 e. The number of likely N-dealkylation sites (N-methyl/N-ethyl adjacent to an activating group) is 1. The zero-order valence-corrected chi connectivity index (χ0v) is 13.2. The van der Waals surface area contributed by atoms with Crippen LogP contribution in [-0.4, -0.2) is 72.4 Å². The third kappa shape index (κ3) is 5.20. The van der Waals surface area contributed by atoms with Crippen LogP contribution in [0.4, 0.5) is 0 Å². The molecule has 0 spiro atoms. The van der Waals surface area contributed by atoms with Crippen molar-refractivity contribution in [3.63, 3.8) is 0 Å². The van der Waals surface area contributed by atoms with Crippen LogP contribution in [0.5, 0.6) is 0 Å². The molecule has 1 atom stereocenters. The Bertz CT molecular complexity index is 507. The number of rotatable bonds is 6. The van der Waals surface area contributed by atoms with Gasteiger partial charge in [0, 0.05) is 38.4 Å². The Balaban J connectivity index is 1.90. The number of nitrogens with zero attached hydrogens (tertiary/aromatic N) is 3. The minimum Gasteiger partial charge on any atom is -0.464 e. The minimum atomic E-state index is -0.284. The number of hydrogen-bond donors (Lipinski definition) is 0. The normalized spacial score (nSPS) is 19.8. The Morgan fingerprint density at radius 3 is 2.86 bits per heavy atom. The quantitative estimate of drug-likeness (QED) is 0.708. The summed E-state index contributed by atoms with van der Waals surface area (Å²) in [5, 5.41) is 0. The van der Waals surface area contributed by atoms with Gasteiger partial charge in [-0.2, -0.15) is 0 Å². The van der Waals surface area contributed by atoms with Crippen molar-refractivity contribution < 1.29 is 14.3 Å². The molecule has 1 aromatic heterocycles. The zero-order chi connectivity index (χ0) is 15.9. The highest BCUT2D eigenvalue weighted by Gasteiger charge is 2.27. The molecule has 1 aliphatic rings. The van der Waals surface area contributed by atoms with Crippen molar-refractivity contribution in [2.24, 2.45) is 0 Å². The second-order valence-corrected chi connectivity index (χ2v) is 5.73. The summed E-state index contributed by atoms with van der Waals surface area (Å²) in [7, 11) is 2.04. The molecule has 22 heavy (non-hydrogen) atoms. The van der Waals surface area contributed by atoms with Crippen LogP contribution in [0, 0.1) is 0 Å². The van der Waals surface area contributed by atoms with E-state index in [-0.39, 0.29) is 17.8 Å². The fraction of sp³-hybridized carbons (Fsp3) is 0.562. The number of Topliss-reactive ketones (excluding diaryl/α,β-unsaturated/α-hetero) is 1. The summed E-state index contributed by atoms with van der Waals surface area (Å²) in [6.45, 7) is 4.62. The summed E-state index contributed by atoms with van der Waals surface area (Å²) in [5.41, 5.74) is 0.790. The number of pyridine rings is 1. The van der Waals surface area contributed by atoms with Gasteiger partial charge in [-0.1, -0.05) is 6.07 Å². The molecule has 0 saturated carbocycles. The van der Waals surface area contributed by atoms with E-state index in [0.717, 1.165) is 25.3 Å². The van der Waals surface area contributed by atoms with E-state index in [1.54, 1.807) is 6.20 Å². The topological polar surface area (TPSA) is 62.7 Å². The third-order valence-corrected chi connectivity index (χ3v) is 3.77. The van der Waals surface area contributed by atoms with Gasteiger partial charge in [-0.15, -0.1) is 0 Å². The molecule has 0 aliphatic carbocycles. The number of hydrogen-bond acceptors (Lipinski definition) is 6. The first kappa shape index (κ1) is 16.6. The molecule has 2 heterocycles. The van der Waals surface area contributed by atoms with Gasteiger partial charge in [-0.05, 0) is 19.2 Å². The maximum Gasteiger partial charge on any atom is 0.302 e. The van der Waals surface area contributed by atoms with Crippen molar-refractivity contribution >= 4 is 11.8 Å². The van der Waals surface area contributed by atoms with E-state index >= 15 is 0 Å². The molecular weight excluding hydrogens is 282 g/mol. The van der Waals surface area contributed by atoms with Crippen molar-refractivity contribution in [3.05, 3.63) is 30.1 Å². The SMILES string of the molecule is CC(=O)OCC1CN(C)CCN1CC(=O)Cc1ccccn1. The fourth-order valence-corrected chi connectivity index (χ4v) is 2.62. The van der Waals surface area contributed by atoms with E-state index in [9.17, 15) is 9.59 Å². The predicted octanol–water partition coefficient (Wildman–Crippen LogP) is 0.372. The van der Waals surface area contributed by atoms with Crippen molar-refractivity contribution in [2.45, 2.75) is 19.4 Å². The van der Waals surface area contributed by atoms with Gasteiger partial charge in [0.1, 0.15) is 6.61 Å². The van der Waals surface area contributed by atoms with Gasteiger partial charge in [0.05, 0.1) is 19.0 Å². The second kappa shape index (κ2) is 8.00. The van der Waals surface area contributed by atoms with Gasteiger partial charge in [0.2, 0.25) is 0 Å². The molecule has 0 bridgehead atoms. The molecule has 6 heteroatoms. The Morgan fingerprint density at radius 2 is 2.18 bits per heavy atom. The average molecular weight is 305 g/mol. The summed E-state index contributed by atoms with van der Waals surface area (Å²) in [5.74, 6) is -0.149. The van der Waals surface area contributed by atoms with Crippen LogP contribution < -0.4 is 0 Å². The molecule has 0 aromatic carbocycles. The molecule has 1 saturated heterocycles. The van der Waals surface area contributed by atoms with Gasteiger partial charge in [0.25, 0.3) is 0 Å². The van der Waals surface area contributed by atoms with Gasteiger partial charge >= 0.3 is 5.97 Å². The molecule has 0 radical (unpaired) electrons. The zero-order valence-electron chi connectivity index (χ0n) is 13.2. The number of carbonyl (C=O) groups excluding carboxylic acids is 2. The molecule has 120 valence electrons. The van der Waals surface area contributed by atoms with E-state index in [0.29, 0.717) is 19.6 Å². The molecule has 0 amide bonds. The smallest absolute Gasteiger partial charge is 0.302 e. The summed E-state index contributed by atoms with van der Waals surface area (Å²) < 4.78 is 5.13. The highest BCUT2D eigenvalue weighted by molar-refractivity contribution is 5.82. The number of aromatic nitrogens is 1. The summed E-state index contributed by atoms with van der Waals surface area (Å²) >= 11 is 0. The van der Waals surface area contributed by atoms with Crippen molar-refractivity contribution in [1.29, 1.82) is 0 Å². The average Bonchev–Trinajstić information content (AvgIpc) is 2.48. The maximum atomic E-state index is 12.2. The Labute approximate surface area is 131 Å². The number of ether oxygens (including phenoxy) is 1. The van der Waals surface area contributed by atoms with Crippen LogP contribution in [-0.2, 0) is 20.7 Å². The van der Waals surface area contributed by atoms with Crippen LogP contribution in [0.3, 0.4) is 0 Å². The minimum absolute atomic E-state index is 0.0651. The first-order valence-electron chi connectivity index (χ1n) is 7.52. The highest BCUT2D eigenvalue weighted by Crippen LogP contribution is 2.10. The third-order valence-electron chi connectivity index (χ3n) is 3.77. The Kier molecular flexibility index (Phi) is 6.03. The van der Waals surface area contributed by atoms with E-state index in [4.69, 9.17) is 4.74 Å². The molecular formula is C16H23N3O3. The highest BCUT2D eigenvalue weighted by atomic mass is 16.5. The van der Waals surface area contributed by atoms with Crippen molar-refractivity contribution in [2.75, 3.05) is 39.8 Å². The molecule has 6 nitrogen and oxygen atoms in total. The van der Waals surface area contributed by atoms with Gasteiger partial charge in [-0.3, -0.25) is 19.5 Å². The fourth-order valence-electron chi connectivity index (χ4n) is 2.62. The van der Waals surface area contributed by atoms with Crippen LogP contribution in [0.15, 0.2) is 24.4 Å². The number of ketones is 1. The lowest BCUT2D eigenvalue weighted by molar-refractivity contribution is -0.143. The van der Waals surface area contributed by atoms with Crippen LogP contribution in [0.1, 0.15) is 12.6 Å².